The zero-order valence-corrected chi connectivity index (χ0v) is 11.9. The molecule has 1 aliphatic heterocycles. The SMILES string of the molecule is c1cc(CNCc2cnc(N3CCOCC3)nc2)ccn1. The van der Waals surface area contributed by atoms with Gasteiger partial charge in [0.1, 0.15) is 0 Å². The largest absolute Gasteiger partial charge is 0.378 e. The van der Waals surface area contributed by atoms with Gasteiger partial charge < -0.3 is 15.0 Å². The second kappa shape index (κ2) is 7.10. The molecule has 0 radical (unpaired) electrons. The van der Waals surface area contributed by atoms with Gasteiger partial charge in [0.15, 0.2) is 0 Å². The van der Waals surface area contributed by atoms with Crippen molar-refractivity contribution < 1.29 is 4.74 Å². The highest BCUT2D eigenvalue weighted by Gasteiger charge is 2.13. The summed E-state index contributed by atoms with van der Waals surface area (Å²) in [6.45, 7) is 4.79. The van der Waals surface area contributed by atoms with Crippen LogP contribution in [0.2, 0.25) is 0 Å². The number of aromatic nitrogens is 3. The third-order valence-corrected chi connectivity index (χ3v) is 3.39. The molecular weight excluding hydrogens is 266 g/mol. The van der Waals surface area contributed by atoms with Crippen molar-refractivity contribution in [2.45, 2.75) is 13.1 Å². The van der Waals surface area contributed by atoms with E-state index in [2.05, 4.69) is 25.2 Å². The lowest BCUT2D eigenvalue weighted by Gasteiger charge is -2.26. The summed E-state index contributed by atoms with van der Waals surface area (Å²) in [5, 5.41) is 3.38. The Morgan fingerprint density at radius 1 is 1.00 bits per heavy atom. The molecule has 0 bridgehead atoms. The zero-order chi connectivity index (χ0) is 14.3. The first-order valence-corrected chi connectivity index (χ1v) is 7.15. The Labute approximate surface area is 124 Å². The van der Waals surface area contributed by atoms with E-state index in [9.17, 15) is 0 Å². The number of ether oxygens (including phenoxy) is 1. The van der Waals surface area contributed by atoms with Crippen molar-refractivity contribution >= 4 is 5.95 Å². The van der Waals surface area contributed by atoms with Gasteiger partial charge >= 0.3 is 0 Å². The maximum absolute atomic E-state index is 5.33. The summed E-state index contributed by atoms with van der Waals surface area (Å²) in [4.78, 5) is 15.0. The molecule has 0 unspecified atom stereocenters. The first-order valence-electron chi connectivity index (χ1n) is 7.15. The van der Waals surface area contributed by atoms with Crippen molar-refractivity contribution in [3.05, 3.63) is 48.0 Å². The van der Waals surface area contributed by atoms with E-state index in [1.54, 1.807) is 12.4 Å². The molecule has 21 heavy (non-hydrogen) atoms. The molecule has 3 heterocycles. The minimum Gasteiger partial charge on any atom is -0.378 e. The van der Waals surface area contributed by atoms with Crippen LogP contribution in [-0.4, -0.2) is 41.3 Å². The number of pyridine rings is 1. The maximum Gasteiger partial charge on any atom is 0.225 e. The highest BCUT2D eigenvalue weighted by Crippen LogP contribution is 2.09. The smallest absolute Gasteiger partial charge is 0.225 e. The number of nitrogens with one attached hydrogen (secondary N) is 1. The van der Waals surface area contributed by atoms with Crippen molar-refractivity contribution in [1.82, 2.24) is 20.3 Å². The minimum absolute atomic E-state index is 0.749. The van der Waals surface area contributed by atoms with Gasteiger partial charge in [-0.2, -0.15) is 0 Å². The molecule has 1 aliphatic rings. The fraction of sp³-hybridized carbons (Fsp3) is 0.400. The van der Waals surface area contributed by atoms with Gasteiger partial charge in [-0.1, -0.05) is 0 Å². The van der Waals surface area contributed by atoms with Gasteiger partial charge in [-0.25, -0.2) is 9.97 Å². The van der Waals surface area contributed by atoms with Gasteiger partial charge in [-0.3, -0.25) is 4.98 Å². The van der Waals surface area contributed by atoms with Crippen molar-refractivity contribution in [2.24, 2.45) is 0 Å². The molecular formula is C15H19N5O. The van der Waals surface area contributed by atoms with Gasteiger partial charge in [-0.05, 0) is 17.7 Å². The van der Waals surface area contributed by atoms with Crippen molar-refractivity contribution in [3.63, 3.8) is 0 Å². The summed E-state index contributed by atoms with van der Waals surface area (Å²) in [6, 6.07) is 4.01. The molecule has 1 saturated heterocycles. The van der Waals surface area contributed by atoms with Crippen LogP contribution in [0, 0.1) is 0 Å². The van der Waals surface area contributed by atoms with E-state index in [-0.39, 0.29) is 0 Å². The molecule has 2 aromatic rings. The van der Waals surface area contributed by atoms with E-state index in [0.717, 1.165) is 50.9 Å². The first kappa shape index (κ1) is 13.9. The lowest BCUT2D eigenvalue weighted by molar-refractivity contribution is 0.122. The predicted molar refractivity (Wildman–Crippen MR) is 79.8 cm³/mol. The molecule has 2 aromatic heterocycles. The first-order chi connectivity index (χ1) is 10.4. The molecule has 3 rings (SSSR count). The van der Waals surface area contributed by atoms with Crippen LogP contribution in [0.5, 0.6) is 0 Å². The topological polar surface area (TPSA) is 63.2 Å². The van der Waals surface area contributed by atoms with E-state index in [1.807, 2.05) is 24.5 Å². The average Bonchev–Trinajstić information content (AvgIpc) is 2.57. The van der Waals surface area contributed by atoms with Gasteiger partial charge in [0.25, 0.3) is 0 Å². The molecule has 0 aliphatic carbocycles. The Morgan fingerprint density at radius 2 is 1.67 bits per heavy atom. The summed E-state index contributed by atoms with van der Waals surface area (Å²) < 4.78 is 5.33. The van der Waals surface area contributed by atoms with Crippen LogP contribution in [0.25, 0.3) is 0 Å². The lowest BCUT2D eigenvalue weighted by Crippen LogP contribution is -2.37. The normalized spacial score (nSPS) is 15.1. The van der Waals surface area contributed by atoms with E-state index in [1.165, 1.54) is 5.56 Å². The quantitative estimate of drug-likeness (QED) is 0.884. The highest BCUT2D eigenvalue weighted by atomic mass is 16.5. The third kappa shape index (κ3) is 3.96. The molecule has 0 atom stereocenters. The maximum atomic E-state index is 5.33. The Morgan fingerprint density at radius 3 is 2.38 bits per heavy atom. The van der Waals surface area contributed by atoms with Crippen LogP contribution < -0.4 is 10.2 Å². The number of rotatable bonds is 5. The molecule has 0 aromatic carbocycles. The van der Waals surface area contributed by atoms with E-state index in [0.29, 0.717) is 0 Å². The van der Waals surface area contributed by atoms with Gasteiger partial charge in [0.2, 0.25) is 5.95 Å². The number of hydrogen-bond acceptors (Lipinski definition) is 6. The summed E-state index contributed by atoms with van der Waals surface area (Å²) in [7, 11) is 0. The zero-order valence-electron chi connectivity index (χ0n) is 11.9. The fourth-order valence-electron chi connectivity index (χ4n) is 2.22. The van der Waals surface area contributed by atoms with Gasteiger partial charge in [-0.15, -0.1) is 0 Å². The standard InChI is InChI=1S/C15H19N5O/c1-3-16-4-2-13(1)9-17-10-14-11-18-15(19-12-14)20-5-7-21-8-6-20/h1-4,11-12,17H,5-10H2. The van der Waals surface area contributed by atoms with Crippen molar-refractivity contribution in [2.75, 3.05) is 31.2 Å². The van der Waals surface area contributed by atoms with E-state index < -0.39 is 0 Å². The van der Waals surface area contributed by atoms with Gasteiger partial charge in [0, 0.05) is 56.5 Å². The van der Waals surface area contributed by atoms with Crippen LogP contribution in [0.1, 0.15) is 11.1 Å². The number of hydrogen-bond donors (Lipinski definition) is 1. The molecule has 0 amide bonds. The second-order valence-corrected chi connectivity index (χ2v) is 4.95. The van der Waals surface area contributed by atoms with Crippen LogP contribution in [0.3, 0.4) is 0 Å². The lowest BCUT2D eigenvalue weighted by atomic mass is 10.2. The summed E-state index contributed by atoms with van der Waals surface area (Å²) in [5.74, 6) is 0.788. The van der Waals surface area contributed by atoms with Crippen molar-refractivity contribution in [3.8, 4) is 0 Å². The van der Waals surface area contributed by atoms with E-state index >= 15 is 0 Å². The van der Waals surface area contributed by atoms with Crippen LogP contribution in [0.4, 0.5) is 5.95 Å². The minimum atomic E-state index is 0.749. The Bertz CT molecular complexity index is 540. The number of morpholine rings is 1. The van der Waals surface area contributed by atoms with Crippen LogP contribution in [-0.2, 0) is 17.8 Å². The number of nitrogens with zero attached hydrogens (tertiary/aromatic N) is 4. The van der Waals surface area contributed by atoms with E-state index in [4.69, 9.17) is 4.74 Å². The van der Waals surface area contributed by atoms with Crippen LogP contribution in [0.15, 0.2) is 36.9 Å². The Kier molecular flexibility index (Phi) is 4.70. The molecule has 6 heteroatoms. The molecule has 6 nitrogen and oxygen atoms in total. The molecule has 0 saturated carbocycles. The molecule has 0 spiro atoms. The second-order valence-electron chi connectivity index (χ2n) is 4.95. The predicted octanol–water partition coefficient (Wildman–Crippen LogP) is 0.998. The Hall–Kier alpha value is -2.05. The monoisotopic (exact) mass is 285 g/mol. The number of anilines is 1. The molecule has 1 fully saturated rings. The average molecular weight is 285 g/mol. The summed E-state index contributed by atoms with van der Waals surface area (Å²) >= 11 is 0. The summed E-state index contributed by atoms with van der Waals surface area (Å²) in [6.07, 6.45) is 7.38. The molecule has 110 valence electrons. The molecule has 1 N–H and O–H groups in total. The van der Waals surface area contributed by atoms with Crippen molar-refractivity contribution in [1.29, 1.82) is 0 Å². The fourth-order valence-corrected chi connectivity index (χ4v) is 2.22. The third-order valence-electron chi connectivity index (χ3n) is 3.39. The summed E-state index contributed by atoms with van der Waals surface area (Å²) in [5.41, 5.74) is 2.30. The van der Waals surface area contributed by atoms with Gasteiger partial charge in [0.05, 0.1) is 13.2 Å². The van der Waals surface area contributed by atoms with Crippen LogP contribution >= 0.6 is 0 Å². The highest BCUT2D eigenvalue weighted by molar-refractivity contribution is 5.30. The Balaban J connectivity index is 1.50.